The van der Waals surface area contributed by atoms with Crippen molar-refractivity contribution in [2.24, 2.45) is 0 Å². The van der Waals surface area contributed by atoms with Gasteiger partial charge in [0.2, 0.25) is 5.28 Å². The molecule has 15 heavy (non-hydrogen) atoms. The molecular weight excluding hydrogens is 212 g/mol. The molecule has 0 bridgehead atoms. The van der Waals surface area contributed by atoms with Gasteiger partial charge >= 0.3 is 0 Å². The lowest BCUT2D eigenvalue weighted by molar-refractivity contribution is 0.718. The molecule has 2 rings (SSSR count). The zero-order valence-electron chi connectivity index (χ0n) is 8.62. The summed E-state index contributed by atoms with van der Waals surface area (Å²) < 4.78 is 1.46. The molecule has 78 valence electrons. The number of aryl methyl sites for hydroxylation is 1. The number of para-hydroxylation sites is 1. The Kier molecular flexibility index (Phi) is 2.49. The lowest BCUT2D eigenvalue weighted by Crippen LogP contribution is -2.21. The third-order valence-electron chi connectivity index (χ3n) is 2.46. The van der Waals surface area contributed by atoms with Crippen LogP contribution in [-0.2, 0) is 6.54 Å². The van der Waals surface area contributed by atoms with Gasteiger partial charge in [0.05, 0.1) is 10.9 Å². The van der Waals surface area contributed by atoms with Crippen molar-refractivity contribution in [3.63, 3.8) is 0 Å². The van der Waals surface area contributed by atoms with Gasteiger partial charge in [0.1, 0.15) is 0 Å². The molecule has 0 aliphatic rings. The summed E-state index contributed by atoms with van der Waals surface area (Å²) in [5, 5.41) is 0.880. The maximum Gasteiger partial charge on any atom is 0.262 e. The van der Waals surface area contributed by atoms with Gasteiger partial charge in [-0.15, -0.1) is 0 Å². The third kappa shape index (κ3) is 1.53. The van der Waals surface area contributed by atoms with Gasteiger partial charge in [-0.05, 0) is 37.1 Å². The molecule has 0 saturated heterocycles. The Balaban J connectivity index is 2.98. The van der Waals surface area contributed by atoms with Crippen molar-refractivity contribution in [1.82, 2.24) is 9.55 Å². The summed E-state index contributed by atoms with van der Waals surface area (Å²) in [5.74, 6) is 0. The molecule has 0 saturated carbocycles. The van der Waals surface area contributed by atoms with Crippen LogP contribution in [0.3, 0.4) is 0 Å². The van der Waals surface area contributed by atoms with Crippen LogP contribution in [0, 0.1) is 6.92 Å². The molecule has 0 aliphatic heterocycles. The van der Waals surface area contributed by atoms with E-state index >= 15 is 0 Å². The monoisotopic (exact) mass is 222 g/mol. The van der Waals surface area contributed by atoms with E-state index in [9.17, 15) is 4.79 Å². The van der Waals surface area contributed by atoms with E-state index < -0.39 is 0 Å². The van der Waals surface area contributed by atoms with Gasteiger partial charge in [0.25, 0.3) is 5.56 Å². The van der Waals surface area contributed by atoms with Gasteiger partial charge < -0.3 is 0 Å². The van der Waals surface area contributed by atoms with Crippen molar-refractivity contribution in [3.05, 3.63) is 39.4 Å². The van der Waals surface area contributed by atoms with Crippen LogP contribution in [-0.4, -0.2) is 9.55 Å². The Morgan fingerprint density at radius 3 is 2.87 bits per heavy atom. The highest BCUT2D eigenvalue weighted by Gasteiger charge is 2.08. The Hall–Kier alpha value is -1.35. The normalized spacial score (nSPS) is 10.9. The largest absolute Gasteiger partial charge is 0.283 e. The van der Waals surface area contributed by atoms with Crippen molar-refractivity contribution in [1.29, 1.82) is 0 Å². The van der Waals surface area contributed by atoms with Gasteiger partial charge in [0.15, 0.2) is 0 Å². The molecule has 0 amide bonds. The molecule has 1 aromatic heterocycles. The number of hydrogen-bond donors (Lipinski definition) is 0. The zero-order valence-corrected chi connectivity index (χ0v) is 9.38. The first-order valence-electron chi connectivity index (χ1n) is 4.80. The minimum atomic E-state index is -0.0730. The smallest absolute Gasteiger partial charge is 0.262 e. The number of rotatable bonds is 1. The summed E-state index contributed by atoms with van der Waals surface area (Å²) in [6.45, 7) is 4.33. The fourth-order valence-corrected chi connectivity index (χ4v) is 1.92. The Morgan fingerprint density at radius 2 is 2.20 bits per heavy atom. The fraction of sp³-hybridized carbons (Fsp3) is 0.273. The van der Waals surface area contributed by atoms with Crippen LogP contribution in [0.15, 0.2) is 23.0 Å². The molecule has 0 unspecified atom stereocenters. The van der Waals surface area contributed by atoms with E-state index in [-0.39, 0.29) is 10.8 Å². The summed E-state index contributed by atoms with van der Waals surface area (Å²) in [5.41, 5.74) is 1.59. The Bertz CT molecular complexity index is 575. The van der Waals surface area contributed by atoms with E-state index in [1.807, 2.05) is 26.0 Å². The third-order valence-corrected chi connectivity index (χ3v) is 2.74. The topological polar surface area (TPSA) is 34.9 Å². The van der Waals surface area contributed by atoms with Crippen molar-refractivity contribution in [2.75, 3.05) is 0 Å². The van der Waals surface area contributed by atoms with Crippen molar-refractivity contribution in [2.45, 2.75) is 20.4 Å². The van der Waals surface area contributed by atoms with Gasteiger partial charge in [-0.3, -0.25) is 9.36 Å². The van der Waals surface area contributed by atoms with Crippen molar-refractivity contribution >= 4 is 22.5 Å². The predicted octanol–water partition coefficient (Wildman–Crippen LogP) is 2.38. The first-order valence-corrected chi connectivity index (χ1v) is 5.18. The average Bonchev–Trinajstić information content (AvgIpc) is 2.20. The van der Waals surface area contributed by atoms with Gasteiger partial charge in [-0.1, -0.05) is 12.1 Å². The summed E-state index contributed by atoms with van der Waals surface area (Å²) in [6.07, 6.45) is 0. The van der Waals surface area contributed by atoms with Crippen LogP contribution in [0.25, 0.3) is 10.9 Å². The molecule has 0 N–H and O–H groups in total. The number of fused-ring (bicyclic) bond motifs is 1. The molecule has 3 nitrogen and oxygen atoms in total. The minimum Gasteiger partial charge on any atom is -0.283 e. The van der Waals surface area contributed by atoms with Crippen LogP contribution >= 0.6 is 11.6 Å². The molecule has 0 spiro atoms. The summed E-state index contributed by atoms with van der Waals surface area (Å²) >= 11 is 5.93. The predicted molar refractivity (Wildman–Crippen MR) is 61.4 cm³/mol. The standard InChI is InChI=1S/C11H11ClN2O/c1-3-14-10(15)8-6-4-5-7(2)9(8)13-11(14)12/h4-6H,3H2,1-2H3. The molecule has 1 heterocycles. The number of hydrogen-bond acceptors (Lipinski definition) is 2. The second-order valence-electron chi connectivity index (χ2n) is 3.40. The average molecular weight is 223 g/mol. The van der Waals surface area contributed by atoms with E-state index in [4.69, 9.17) is 11.6 Å². The van der Waals surface area contributed by atoms with Crippen LogP contribution in [0.2, 0.25) is 5.28 Å². The van der Waals surface area contributed by atoms with Gasteiger partial charge in [-0.25, -0.2) is 4.98 Å². The van der Waals surface area contributed by atoms with Crippen LogP contribution in [0.1, 0.15) is 12.5 Å². The van der Waals surface area contributed by atoms with E-state index in [1.54, 1.807) is 6.07 Å². The van der Waals surface area contributed by atoms with Crippen molar-refractivity contribution < 1.29 is 0 Å². The maximum absolute atomic E-state index is 12.0. The molecule has 4 heteroatoms. The highest BCUT2D eigenvalue weighted by Crippen LogP contribution is 2.15. The Labute approximate surface area is 92.3 Å². The molecule has 0 aliphatic carbocycles. The lowest BCUT2D eigenvalue weighted by Gasteiger charge is -2.07. The molecule has 2 aromatic rings. The highest BCUT2D eigenvalue weighted by atomic mass is 35.5. The van der Waals surface area contributed by atoms with Gasteiger partial charge in [0, 0.05) is 6.54 Å². The fourth-order valence-electron chi connectivity index (χ4n) is 1.64. The second kappa shape index (κ2) is 3.66. The zero-order chi connectivity index (χ0) is 11.0. The first-order chi connectivity index (χ1) is 7.15. The van der Waals surface area contributed by atoms with Crippen LogP contribution in [0.5, 0.6) is 0 Å². The maximum atomic E-state index is 12.0. The summed E-state index contributed by atoms with van der Waals surface area (Å²) in [7, 11) is 0. The first kappa shape index (κ1) is 10.2. The summed E-state index contributed by atoms with van der Waals surface area (Å²) in [4.78, 5) is 16.2. The molecular formula is C11H11ClN2O. The SMILES string of the molecule is CCn1c(Cl)nc2c(C)cccc2c1=O. The quantitative estimate of drug-likeness (QED) is 0.695. The lowest BCUT2D eigenvalue weighted by atomic mass is 10.1. The van der Waals surface area contributed by atoms with Crippen LogP contribution in [0.4, 0.5) is 0 Å². The summed E-state index contributed by atoms with van der Waals surface area (Å²) in [6, 6.07) is 5.55. The molecule has 1 aromatic carbocycles. The van der Waals surface area contributed by atoms with Gasteiger partial charge in [-0.2, -0.15) is 0 Å². The molecule has 0 fully saturated rings. The minimum absolute atomic E-state index is 0.0730. The number of nitrogens with zero attached hydrogens (tertiary/aromatic N) is 2. The molecule has 0 atom stereocenters. The number of halogens is 1. The van der Waals surface area contributed by atoms with Crippen LogP contribution < -0.4 is 5.56 Å². The van der Waals surface area contributed by atoms with E-state index in [0.29, 0.717) is 17.4 Å². The van der Waals surface area contributed by atoms with Crippen molar-refractivity contribution in [3.8, 4) is 0 Å². The number of aromatic nitrogens is 2. The van der Waals surface area contributed by atoms with E-state index in [2.05, 4.69) is 4.98 Å². The molecule has 0 radical (unpaired) electrons. The second-order valence-corrected chi connectivity index (χ2v) is 3.74. The van der Waals surface area contributed by atoms with E-state index in [1.165, 1.54) is 4.57 Å². The Morgan fingerprint density at radius 1 is 1.47 bits per heavy atom. The number of benzene rings is 1. The highest BCUT2D eigenvalue weighted by molar-refractivity contribution is 6.28. The van der Waals surface area contributed by atoms with E-state index in [0.717, 1.165) is 5.56 Å².